The highest BCUT2D eigenvalue weighted by Gasteiger charge is 2.37. The van der Waals surface area contributed by atoms with E-state index < -0.39 is 31.2 Å². The van der Waals surface area contributed by atoms with E-state index in [1.807, 2.05) is 19.9 Å². The molecule has 0 aliphatic heterocycles. The van der Waals surface area contributed by atoms with Crippen LogP contribution in [0.1, 0.15) is 62.2 Å². The highest BCUT2D eigenvalue weighted by Crippen LogP contribution is 2.36. The molecule has 11 heteroatoms. The molecule has 2 aromatic heterocycles. The molecule has 0 unspecified atom stereocenters. The van der Waals surface area contributed by atoms with Crippen molar-refractivity contribution in [3.8, 4) is 0 Å². The summed E-state index contributed by atoms with van der Waals surface area (Å²) in [5.74, 6) is -1.82. The minimum Gasteiger partial charge on any atom is -0.416 e. The zero-order chi connectivity index (χ0) is 25.8. The van der Waals surface area contributed by atoms with E-state index in [1.165, 1.54) is 0 Å². The highest BCUT2D eigenvalue weighted by molar-refractivity contribution is 6.74. The number of carbonyl (C=O) groups excluding carboxylic acids is 2. The Morgan fingerprint density at radius 2 is 1.85 bits per heavy atom. The van der Waals surface area contributed by atoms with E-state index in [9.17, 15) is 14.0 Å². The minimum absolute atomic E-state index is 0.0104. The summed E-state index contributed by atoms with van der Waals surface area (Å²) < 4.78 is 20.0. The fraction of sp³-hybridized carbons (Fsp3) is 0.478. The quantitative estimate of drug-likeness (QED) is 0.313. The van der Waals surface area contributed by atoms with Gasteiger partial charge in [-0.15, -0.1) is 0 Å². The second-order valence-electron chi connectivity index (χ2n) is 9.75. The largest absolute Gasteiger partial charge is 0.416 e. The summed E-state index contributed by atoms with van der Waals surface area (Å²) in [5.41, 5.74) is 1.70. The third kappa shape index (κ3) is 6.97. The van der Waals surface area contributed by atoms with Crippen molar-refractivity contribution < 1.29 is 18.4 Å². The van der Waals surface area contributed by atoms with Crippen LogP contribution in [-0.2, 0) is 10.8 Å². The van der Waals surface area contributed by atoms with Gasteiger partial charge in [0.2, 0.25) is 0 Å². The number of hydrogen-bond acceptors (Lipinski definition) is 5. The summed E-state index contributed by atoms with van der Waals surface area (Å²) in [6, 6.07) is 1.83. The SMILES string of the molecule is CC(C)c1nccc(CCO[Si](C)(C)C(C)(C)C)c1NC(=O)NC(=O)c1cc(F)c(Cl)nc1Cl. The maximum atomic E-state index is 13.7. The smallest absolute Gasteiger partial charge is 0.326 e. The molecule has 0 aromatic carbocycles. The van der Waals surface area contributed by atoms with Crippen LogP contribution >= 0.6 is 23.2 Å². The van der Waals surface area contributed by atoms with Gasteiger partial charge in [-0.1, -0.05) is 57.8 Å². The van der Waals surface area contributed by atoms with Crippen molar-refractivity contribution in [1.29, 1.82) is 0 Å². The van der Waals surface area contributed by atoms with Gasteiger partial charge in [-0.3, -0.25) is 15.1 Å². The van der Waals surface area contributed by atoms with Gasteiger partial charge in [0, 0.05) is 12.8 Å². The van der Waals surface area contributed by atoms with E-state index in [0.29, 0.717) is 24.4 Å². The Morgan fingerprint density at radius 1 is 1.21 bits per heavy atom. The van der Waals surface area contributed by atoms with Crippen molar-refractivity contribution in [2.45, 2.75) is 65.1 Å². The molecule has 3 amide bonds. The lowest BCUT2D eigenvalue weighted by Crippen LogP contribution is -2.41. The van der Waals surface area contributed by atoms with Crippen LogP contribution < -0.4 is 10.6 Å². The average Bonchev–Trinajstić information content (AvgIpc) is 2.70. The van der Waals surface area contributed by atoms with Crippen molar-refractivity contribution in [3.05, 3.63) is 51.3 Å². The second-order valence-corrected chi connectivity index (χ2v) is 15.3. The fourth-order valence-electron chi connectivity index (χ4n) is 2.86. The van der Waals surface area contributed by atoms with Gasteiger partial charge >= 0.3 is 6.03 Å². The highest BCUT2D eigenvalue weighted by atomic mass is 35.5. The predicted molar refractivity (Wildman–Crippen MR) is 136 cm³/mol. The van der Waals surface area contributed by atoms with Crippen LogP contribution in [0.4, 0.5) is 14.9 Å². The van der Waals surface area contributed by atoms with E-state index in [4.69, 9.17) is 27.6 Å². The van der Waals surface area contributed by atoms with Gasteiger partial charge in [0.1, 0.15) is 5.15 Å². The molecule has 7 nitrogen and oxygen atoms in total. The van der Waals surface area contributed by atoms with Crippen LogP contribution in [0.15, 0.2) is 18.3 Å². The Hall–Kier alpha value is -2.07. The molecule has 0 atom stereocenters. The lowest BCUT2D eigenvalue weighted by atomic mass is 10.0. The summed E-state index contributed by atoms with van der Waals surface area (Å²) >= 11 is 11.4. The summed E-state index contributed by atoms with van der Waals surface area (Å²) in [7, 11) is -1.94. The molecule has 0 aliphatic rings. The number of nitrogens with one attached hydrogen (secondary N) is 2. The molecule has 0 aliphatic carbocycles. The van der Waals surface area contributed by atoms with Crippen LogP contribution in [0.3, 0.4) is 0 Å². The Kier molecular flexibility index (Phi) is 9.21. The van der Waals surface area contributed by atoms with Gasteiger partial charge in [0.15, 0.2) is 19.3 Å². The average molecular weight is 530 g/mol. The first-order chi connectivity index (χ1) is 15.6. The number of pyridine rings is 2. The molecule has 2 rings (SSSR count). The monoisotopic (exact) mass is 528 g/mol. The number of nitrogens with zero attached hydrogens (tertiary/aromatic N) is 2. The number of aromatic nitrogens is 2. The standard InChI is InChI=1S/C23H31Cl2FN4O3Si/c1-13(2)17-18(14(8-10-27-17)9-11-33-34(6,7)23(3,4)5)28-22(32)30-21(31)15-12-16(26)20(25)29-19(15)24/h8,10,12-13H,9,11H2,1-7H3,(H2,28,30,31,32). The molecule has 0 saturated carbocycles. The lowest BCUT2D eigenvalue weighted by molar-refractivity contribution is 0.0966. The predicted octanol–water partition coefficient (Wildman–Crippen LogP) is 6.57. The summed E-state index contributed by atoms with van der Waals surface area (Å²) in [6.45, 7) is 15.3. The number of rotatable bonds is 7. The fourth-order valence-corrected chi connectivity index (χ4v) is 4.32. The lowest BCUT2D eigenvalue weighted by Gasteiger charge is -2.36. The van der Waals surface area contributed by atoms with Crippen molar-refractivity contribution in [2.75, 3.05) is 11.9 Å². The zero-order valence-corrected chi connectivity index (χ0v) is 23.0. The molecule has 0 spiro atoms. The number of halogens is 3. The Labute approximate surface area is 210 Å². The number of anilines is 1. The molecular formula is C23H31Cl2FN4O3Si. The number of imide groups is 1. The maximum absolute atomic E-state index is 13.7. The molecule has 2 N–H and O–H groups in total. The van der Waals surface area contributed by atoms with Crippen molar-refractivity contribution in [1.82, 2.24) is 15.3 Å². The third-order valence-corrected chi connectivity index (χ3v) is 10.9. The second kappa shape index (κ2) is 11.1. The molecule has 2 aromatic rings. The van der Waals surface area contributed by atoms with Gasteiger partial charge in [-0.25, -0.2) is 14.2 Å². The first-order valence-electron chi connectivity index (χ1n) is 10.9. The van der Waals surface area contributed by atoms with Crippen LogP contribution in [-0.4, -0.2) is 36.8 Å². The van der Waals surface area contributed by atoms with Crippen molar-refractivity contribution in [2.24, 2.45) is 0 Å². The molecule has 34 heavy (non-hydrogen) atoms. The van der Waals surface area contributed by atoms with Crippen LogP contribution in [0.25, 0.3) is 0 Å². The first-order valence-corrected chi connectivity index (χ1v) is 14.6. The summed E-state index contributed by atoms with van der Waals surface area (Å²) in [6.07, 6.45) is 2.24. The topological polar surface area (TPSA) is 93.2 Å². The molecular weight excluding hydrogens is 498 g/mol. The van der Waals surface area contributed by atoms with Gasteiger partial charge < -0.3 is 9.74 Å². The van der Waals surface area contributed by atoms with Crippen LogP contribution in [0, 0.1) is 5.82 Å². The molecule has 0 bridgehead atoms. The molecule has 0 radical (unpaired) electrons. The van der Waals surface area contributed by atoms with Crippen LogP contribution in [0.2, 0.25) is 28.4 Å². The number of hydrogen-bond donors (Lipinski definition) is 2. The Balaban J connectivity index is 2.21. The van der Waals surface area contributed by atoms with Gasteiger partial charge in [-0.2, -0.15) is 0 Å². The zero-order valence-electron chi connectivity index (χ0n) is 20.5. The molecule has 0 fully saturated rings. The van der Waals surface area contributed by atoms with Crippen LogP contribution in [0.5, 0.6) is 0 Å². The third-order valence-electron chi connectivity index (χ3n) is 5.85. The molecule has 0 saturated heterocycles. The minimum atomic E-state index is -1.94. The summed E-state index contributed by atoms with van der Waals surface area (Å²) in [4.78, 5) is 33.1. The van der Waals surface area contributed by atoms with Gasteiger partial charge in [0.25, 0.3) is 5.91 Å². The maximum Gasteiger partial charge on any atom is 0.326 e. The Bertz CT molecular complexity index is 1070. The number of amides is 3. The van der Waals surface area contributed by atoms with Gasteiger partial charge in [-0.05, 0) is 48.2 Å². The van der Waals surface area contributed by atoms with E-state index in [-0.39, 0.29) is 21.7 Å². The van der Waals surface area contributed by atoms with Crippen molar-refractivity contribution in [3.63, 3.8) is 0 Å². The van der Waals surface area contributed by atoms with E-state index >= 15 is 0 Å². The molecule has 2 heterocycles. The van der Waals surface area contributed by atoms with E-state index in [0.717, 1.165) is 11.6 Å². The van der Waals surface area contributed by atoms with Crippen molar-refractivity contribution >= 4 is 49.1 Å². The van der Waals surface area contributed by atoms with E-state index in [1.54, 1.807) is 6.20 Å². The van der Waals surface area contributed by atoms with Gasteiger partial charge in [0.05, 0.1) is 16.9 Å². The first kappa shape index (κ1) is 28.2. The number of carbonyl (C=O) groups is 2. The normalized spacial score (nSPS) is 12.1. The number of urea groups is 1. The van der Waals surface area contributed by atoms with E-state index in [2.05, 4.69) is 54.5 Å². The Morgan fingerprint density at radius 3 is 2.44 bits per heavy atom. The molecule has 186 valence electrons. The summed E-state index contributed by atoms with van der Waals surface area (Å²) in [5, 5.41) is 4.17.